The van der Waals surface area contributed by atoms with Crippen LogP contribution in [0.4, 0.5) is 0 Å². The number of nitrogens with zero attached hydrogens (tertiary/aromatic N) is 1. The molecule has 122 valence electrons. The van der Waals surface area contributed by atoms with Gasteiger partial charge in [0.05, 0.1) is 0 Å². The molecule has 22 heavy (non-hydrogen) atoms. The second-order valence-corrected chi connectivity index (χ2v) is 6.81. The van der Waals surface area contributed by atoms with Crippen LogP contribution >= 0.6 is 0 Å². The van der Waals surface area contributed by atoms with E-state index in [1.165, 1.54) is 11.1 Å². The lowest BCUT2D eigenvalue weighted by Gasteiger charge is -2.23. The molecule has 1 aromatic rings. The van der Waals surface area contributed by atoms with Gasteiger partial charge in [-0.2, -0.15) is 0 Å². The van der Waals surface area contributed by atoms with Crippen LogP contribution in [-0.2, 0) is 11.2 Å². The maximum Gasteiger partial charge on any atom is 0.263 e. The Labute approximate surface area is 133 Å². The standard InChI is InChI=1S/C18H28N2O2/c1-11(2)15(19)6-7-20(5)18(21)17-10-14-8-12(3)13(4)9-16(14)22-17/h8-9,11,15,17H,6-7,10,19H2,1-5H3. The van der Waals surface area contributed by atoms with E-state index in [0.717, 1.165) is 17.7 Å². The summed E-state index contributed by atoms with van der Waals surface area (Å²) in [5, 5.41) is 0. The van der Waals surface area contributed by atoms with Gasteiger partial charge >= 0.3 is 0 Å². The molecule has 0 fully saturated rings. The third kappa shape index (κ3) is 3.61. The number of nitrogens with two attached hydrogens (primary N) is 1. The Morgan fingerprint density at radius 1 is 1.36 bits per heavy atom. The van der Waals surface area contributed by atoms with Gasteiger partial charge < -0.3 is 15.4 Å². The molecule has 1 amide bonds. The van der Waals surface area contributed by atoms with E-state index in [1.54, 1.807) is 4.90 Å². The van der Waals surface area contributed by atoms with Gasteiger partial charge in [0.1, 0.15) is 5.75 Å². The molecule has 4 heteroatoms. The van der Waals surface area contributed by atoms with Crippen LogP contribution < -0.4 is 10.5 Å². The van der Waals surface area contributed by atoms with Crippen LogP contribution in [0.5, 0.6) is 5.75 Å². The summed E-state index contributed by atoms with van der Waals surface area (Å²) in [6.45, 7) is 9.03. The Morgan fingerprint density at radius 3 is 2.64 bits per heavy atom. The maximum absolute atomic E-state index is 12.5. The van der Waals surface area contributed by atoms with Gasteiger partial charge in [0, 0.05) is 26.1 Å². The number of likely N-dealkylation sites (N-methyl/N-ethyl adjacent to an activating group) is 1. The quantitative estimate of drug-likeness (QED) is 0.909. The predicted octanol–water partition coefficient (Wildman–Crippen LogP) is 2.44. The summed E-state index contributed by atoms with van der Waals surface area (Å²) in [5.74, 6) is 1.33. The molecule has 1 aliphatic rings. The van der Waals surface area contributed by atoms with Crippen LogP contribution in [0.2, 0.25) is 0 Å². The van der Waals surface area contributed by atoms with Crippen LogP contribution in [-0.4, -0.2) is 36.5 Å². The molecule has 1 heterocycles. The van der Waals surface area contributed by atoms with E-state index < -0.39 is 6.10 Å². The van der Waals surface area contributed by atoms with Crippen molar-refractivity contribution in [2.45, 2.75) is 52.7 Å². The fourth-order valence-electron chi connectivity index (χ4n) is 2.68. The Morgan fingerprint density at radius 2 is 2.00 bits per heavy atom. The largest absolute Gasteiger partial charge is 0.480 e. The van der Waals surface area contributed by atoms with Gasteiger partial charge in [-0.3, -0.25) is 4.79 Å². The van der Waals surface area contributed by atoms with E-state index in [1.807, 2.05) is 13.1 Å². The monoisotopic (exact) mass is 304 g/mol. The Hall–Kier alpha value is -1.55. The molecule has 2 N–H and O–H groups in total. The van der Waals surface area contributed by atoms with Gasteiger partial charge in [-0.15, -0.1) is 0 Å². The number of rotatable bonds is 5. The topological polar surface area (TPSA) is 55.6 Å². The van der Waals surface area contributed by atoms with E-state index in [0.29, 0.717) is 18.9 Å². The molecule has 0 bridgehead atoms. The average molecular weight is 304 g/mol. The molecule has 4 nitrogen and oxygen atoms in total. The van der Waals surface area contributed by atoms with Gasteiger partial charge in [-0.05, 0) is 48.9 Å². The van der Waals surface area contributed by atoms with E-state index in [4.69, 9.17) is 10.5 Å². The zero-order valence-corrected chi connectivity index (χ0v) is 14.3. The highest BCUT2D eigenvalue weighted by Crippen LogP contribution is 2.32. The summed E-state index contributed by atoms with van der Waals surface area (Å²) < 4.78 is 5.86. The van der Waals surface area contributed by atoms with Crippen LogP contribution in [0.25, 0.3) is 0 Å². The number of hydrogen-bond donors (Lipinski definition) is 1. The van der Waals surface area contributed by atoms with Crippen molar-refractivity contribution in [3.63, 3.8) is 0 Å². The summed E-state index contributed by atoms with van der Waals surface area (Å²) in [5.41, 5.74) is 9.62. The molecule has 0 aromatic heterocycles. The number of hydrogen-bond acceptors (Lipinski definition) is 3. The van der Waals surface area contributed by atoms with Crippen molar-refractivity contribution in [2.75, 3.05) is 13.6 Å². The highest BCUT2D eigenvalue weighted by atomic mass is 16.5. The first-order valence-corrected chi connectivity index (χ1v) is 8.07. The SMILES string of the molecule is Cc1cc2c(cc1C)OC(C(=O)N(C)CCC(N)C(C)C)C2. The smallest absolute Gasteiger partial charge is 0.263 e. The van der Waals surface area contributed by atoms with E-state index in [-0.39, 0.29) is 11.9 Å². The lowest BCUT2D eigenvalue weighted by atomic mass is 10.0. The van der Waals surface area contributed by atoms with Crippen molar-refractivity contribution in [1.29, 1.82) is 0 Å². The normalized spacial score (nSPS) is 18.0. The predicted molar refractivity (Wildman–Crippen MR) is 89.1 cm³/mol. The molecule has 0 saturated heterocycles. The molecule has 0 saturated carbocycles. The van der Waals surface area contributed by atoms with Crippen molar-refractivity contribution in [2.24, 2.45) is 11.7 Å². The molecule has 0 spiro atoms. The Kier molecular flexibility index (Phi) is 5.12. The molecular weight excluding hydrogens is 276 g/mol. The lowest BCUT2D eigenvalue weighted by molar-refractivity contribution is -0.136. The number of benzene rings is 1. The van der Waals surface area contributed by atoms with Gasteiger partial charge in [0.15, 0.2) is 6.10 Å². The third-order valence-electron chi connectivity index (χ3n) is 4.66. The zero-order valence-electron chi connectivity index (χ0n) is 14.3. The highest BCUT2D eigenvalue weighted by Gasteiger charge is 2.31. The fraction of sp³-hybridized carbons (Fsp3) is 0.611. The van der Waals surface area contributed by atoms with Gasteiger partial charge in [-0.25, -0.2) is 0 Å². The maximum atomic E-state index is 12.5. The third-order valence-corrected chi connectivity index (χ3v) is 4.66. The van der Waals surface area contributed by atoms with Crippen LogP contribution in [0.15, 0.2) is 12.1 Å². The first kappa shape index (κ1) is 16.8. The molecule has 1 aliphatic heterocycles. The highest BCUT2D eigenvalue weighted by molar-refractivity contribution is 5.82. The van der Waals surface area contributed by atoms with Crippen molar-refractivity contribution < 1.29 is 9.53 Å². The van der Waals surface area contributed by atoms with Gasteiger partial charge in [0.2, 0.25) is 0 Å². The minimum Gasteiger partial charge on any atom is -0.480 e. The molecule has 2 atom stereocenters. The zero-order chi connectivity index (χ0) is 16.4. The number of carbonyl (C=O) groups is 1. The summed E-state index contributed by atoms with van der Waals surface area (Å²) in [6.07, 6.45) is 1.09. The van der Waals surface area contributed by atoms with E-state index >= 15 is 0 Å². The first-order chi connectivity index (χ1) is 10.3. The second-order valence-electron chi connectivity index (χ2n) is 6.81. The van der Waals surface area contributed by atoms with Crippen LogP contribution in [0.1, 0.15) is 37.0 Å². The number of fused-ring (bicyclic) bond motifs is 1. The van der Waals surface area contributed by atoms with Crippen molar-refractivity contribution in [1.82, 2.24) is 4.90 Å². The van der Waals surface area contributed by atoms with Crippen LogP contribution in [0.3, 0.4) is 0 Å². The lowest BCUT2D eigenvalue weighted by Crippen LogP contribution is -2.41. The summed E-state index contributed by atoms with van der Waals surface area (Å²) in [7, 11) is 1.83. The number of carbonyl (C=O) groups excluding carboxylic acids is 1. The van der Waals surface area contributed by atoms with Crippen molar-refractivity contribution in [3.8, 4) is 5.75 Å². The molecule has 2 rings (SSSR count). The molecule has 2 unspecified atom stereocenters. The Bertz CT molecular complexity index is 523. The number of amides is 1. The Balaban J connectivity index is 1.95. The average Bonchev–Trinajstić information content (AvgIpc) is 2.86. The minimum atomic E-state index is -0.392. The van der Waals surface area contributed by atoms with Crippen LogP contribution in [0, 0.1) is 19.8 Å². The summed E-state index contributed by atoms with van der Waals surface area (Å²) in [6, 6.07) is 4.29. The van der Waals surface area contributed by atoms with Gasteiger partial charge in [-0.1, -0.05) is 19.9 Å². The van der Waals surface area contributed by atoms with Crippen molar-refractivity contribution >= 4 is 5.91 Å². The summed E-state index contributed by atoms with van der Waals surface area (Å²) in [4.78, 5) is 14.3. The summed E-state index contributed by atoms with van der Waals surface area (Å²) >= 11 is 0. The molecule has 0 radical (unpaired) electrons. The minimum absolute atomic E-state index is 0.0439. The van der Waals surface area contributed by atoms with E-state index in [2.05, 4.69) is 33.8 Å². The second kappa shape index (κ2) is 6.69. The van der Waals surface area contributed by atoms with E-state index in [9.17, 15) is 4.79 Å². The number of ether oxygens (including phenoxy) is 1. The molecule has 1 aromatic carbocycles. The molecular formula is C18H28N2O2. The van der Waals surface area contributed by atoms with Gasteiger partial charge in [0.25, 0.3) is 5.91 Å². The first-order valence-electron chi connectivity index (χ1n) is 8.07. The molecule has 0 aliphatic carbocycles. The van der Waals surface area contributed by atoms with Crippen molar-refractivity contribution in [3.05, 3.63) is 28.8 Å². The number of aryl methyl sites for hydroxylation is 2. The fourth-order valence-corrected chi connectivity index (χ4v) is 2.68.